The SMILES string of the molecule is O=C(OCCc1cccc[nH+]1)C(c1ccccc1)c1ccccc1.[Cl-]. The lowest BCUT2D eigenvalue weighted by Crippen LogP contribution is -3.00. The van der Waals surface area contributed by atoms with Crippen LogP contribution in [0.25, 0.3) is 0 Å². The number of benzene rings is 2. The van der Waals surface area contributed by atoms with Gasteiger partial charge in [-0.2, -0.15) is 0 Å². The van der Waals surface area contributed by atoms with Crippen molar-refractivity contribution >= 4 is 5.97 Å². The highest BCUT2D eigenvalue weighted by Gasteiger charge is 2.24. The van der Waals surface area contributed by atoms with E-state index in [1.807, 2.05) is 85.1 Å². The third-order valence-corrected chi connectivity index (χ3v) is 3.89. The number of H-pyrrole nitrogens is 1. The second-order valence-corrected chi connectivity index (χ2v) is 5.56. The van der Waals surface area contributed by atoms with Crippen LogP contribution in [0, 0.1) is 0 Å². The number of halogens is 1. The molecule has 0 unspecified atom stereocenters. The molecule has 0 fully saturated rings. The van der Waals surface area contributed by atoms with Crippen LogP contribution in [0.1, 0.15) is 22.7 Å². The lowest BCUT2D eigenvalue weighted by molar-refractivity contribution is -0.390. The molecule has 128 valence electrons. The van der Waals surface area contributed by atoms with Gasteiger partial charge in [0.25, 0.3) is 0 Å². The highest BCUT2D eigenvalue weighted by molar-refractivity contribution is 5.82. The molecule has 1 N–H and O–H groups in total. The Balaban J connectivity index is 0.00000225. The molecule has 4 heteroatoms. The minimum Gasteiger partial charge on any atom is -1.00 e. The normalized spacial score (nSPS) is 10.1. The molecule has 0 aliphatic carbocycles. The molecule has 0 radical (unpaired) electrons. The number of carbonyl (C=O) groups is 1. The van der Waals surface area contributed by atoms with E-state index in [2.05, 4.69) is 4.98 Å². The topological polar surface area (TPSA) is 40.4 Å². The molecule has 1 heterocycles. The van der Waals surface area contributed by atoms with E-state index in [0.29, 0.717) is 13.0 Å². The molecule has 25 heavy (non-hydrogen) atoms. The Hall–Kier alpha value is -2.65. The van der Waals surface area contributed by atoms with Gasteiger partial charge in [0.05, 0.1) is 6.42 Å². The van der Waals surface area contributed by atoms with Crippen LogP contribution in [0.2, 0.25) is 0 Å². The summed E-state index contributed by atoms with van der Waals surface area (Å²) < 4.78 is 5.56. The summed E-state index contributed by atoms with van der Waals surface area (Å²) in [5.41, 5.74) is 2.93. The number of nitrogens with one attached hydrogen (secondary N) is 1. The Morgan fingerprint density at radius 2 is 1.40 bits per heavy atom. The Morgan fingerprint density at radius 3 is 1.92 bits per heavy atom. The van der Waals surface area contributed by atoms with Crippen molar-refractivity contribution < 1.29 is 26.9 Å². The molecular formula is C21H20ClNO2. The maximum absolute atomic E-state index is 12.7. The van der Waals surface area contributed by atoms with Crippen molar-refractivity contribution in [3.8, 4) is 0 Å². The molecule has 0 aliphatic rings. The summed E-state index contributed by atoms with van der Waals surface area (Å²) in [6, 6.07) is 25.4. The maximum Gasteiger partial charge on any atom is 0.317 e. The minimum atomic E-state index is -0.396. The van der Waals surface area contributed by atoms with Crippen LogP contribution in [0.3, 0.4) is 0 Å². The van der Waals surface area contributed by atoms with E-state index in [1.54, 1.807) is 0 Å². The molecule has 0 bridgehead atoms. The van der Waals surface area contributed by atoms with Gasteiger partial charge in [-0.25, -0.2) is 4.98 Å². The first-order chi connectivity index (χ1) is 11.8. The van der Waals surface area contributed by atoms with E-state index in [0.717, 1.165) is 16.8 Å². The van der Waals surface area contributed by atoms with Crippen molar-refractivity contribution in [2.45, 2.75) is 12.3 Å². The summed E-state index contributed by atoms with van der Waals surface area (Å²) in [5.74, 6) is -0.615. The highest BCUT2D eigenvalue weighted by Crippen LogP contribution is 2.25. The Kier molecular flexibility index (Phi) is 7.17. The summed E-state index contributed by atoms with van der Waals surface area (Å²) in [7, 11) is 0. The lowest BCUT2D eigenvalue weighted by atomic mass is 9.91. The second-order valence-electron chi connectivity index (χ2n) is 5.56. The molecule has 2 aromatic carbocycles. The zero-order chi connectivity index (χ0) is 16.6. The second kappa shape index (κ2) is 9.60. The van der Waals surface area contributed by atoms with Gasteiger partial charge in [-0.05, 0) is 11.1 Å². The van der Waals surface area contributed by atoms with E-state index in [9.17, 15) is 4.79 Å². The third kappa shape index (κ3) is 5.16. The predicted molar refractivity (Wildman–Crippen MR) is 92.4 cm³/mol. The minimum absolute atomic E-state index is 0. The molecule has 0 atom stereocenters. The first kappa shape index (κ1) is 18.7. The van der Waals surface area contributed by atoms with E-state index in [1.165, 1.54) is 0 Å². The number of hydrogen-bond acceptors (Lipinski definition) is 2. The summed E-state index contributed by atoms with van der Waals surface area (Å²) in [6.07, 6.45) is 2.54. The van der Waals surface area contributed by atoms with Gasteiger partial charge in [0.15, 0.2) is 11.9 Å². The number of aromatic amines is 1. The molecule has 0 amide bonds. The standard InChI is InChI=1S/C21H19NO2.ClH/c23-21(24-16-14-19-13-7-8-15-22-19)20(17-9-3-1-4-10-17)18-11-5-2-6-12-18;/h1-13,15,20H,14,16H2;1H. The van der Waals surface area contributed by atoms with E-state index in [4.69, 9.17) is 4.74 Å². The van der Waals surface area contributed by atoms with Crippen LogP contribution < -0.4 is 17.4 Å². The number of rotatable bonds is 6. The summed E-state index contributed by atoms with van der Waals surface area (Å²) >= 11 is 0. The largest absolute Gasteiger partial charge is 1.00 e. The number of carbonyl (C=O) groups excluding carboxylic acids is 1. The van der Waals surface area contributed by atoms with Gasteiger partial charge >= 0.3 is 5.97 Å². The quantitative estimate of drug-likeness (QED) is 0.603. The molecular weight excluding hydrogens is 334 g/mol. The van der Waals surface area contributed by atoms with Crippen LogP contribution in [0.4, 0.5) is 0 Å². The molecule has 0 aliphatic heterocycles. The lowest BCUT2D eigenvalue weighted by Gasteiger charge is -2.16. The fraction of sp³-hybridized carbons (Fsp3) is 0.143. The van der Waals surface area contributed by atoms with Gasteiger partial charge in [0, 0.05) is 12.1 Å². The van der Waals surface area contributed by atoms with Crippen molar-refractivity contribution in [3.05, 3.63) is 102 Å². The van der Waals surface area contributed by atoms with Gasteiger partial charge in [-0.3, -0.25) is 4.79 Å². The van der Waals surface area contributed by atoms with Crippen molar-refractivity contribution in [1.82, 2.24) is 0 Å². The van der Waals surface area contributed by atoms with Gasteiger partial charge in [-0.1, -0.05) is 66.7 Å². The molecule has 0 saturated carbocycles. The van der Waals surface area contributed by atoms with E-state index in [-0.39, 0.29) is 18.4 Å². The number of hydrogen-bond donors (Lipinski definition) is 0. The van der Waals surface area contributed by atoms with Crippen molar-refractivity contribution in [2.24, 2.45) is 0 Å². The zero-order valence-electron chi connectivity index (χ0n) is 13.8. The van der Waals surface area contributed by atoms with Crippen LogP contribution in [-0.2, 0) is 16.0 Å². The van der Waals surface area contributed by atoms with Crippen molar-refractivity contribution in [2.75, 3.05) is 6.61 Å². The first-order valence-electron chi connectivity index (χ1n) is 8.07. The molecule has 0 saturated heterocycles. The van der Waals surface area contributed by atoms with Crippen LogP contribution in [-0.4, -0.2) is 12.6 Å². The average molecular weight is 354 g/mol. The number of esters is 1. The molecule has 3 aromatic rings. The Bertz CT molecular complexity index is 724. The van der Waals surface area contributed by atoms with Gasteiger partial charge < -0.3 is 17.1 Å². The summed E-state index contributed by atoms with van der Waals surface area (Å²) in [5, 5.41) is 0. The van der Waals surface area contributed by atoms with E-state index < -0.39 is 5.92 Å². The molecule has 3 rings (SSSR count). The van der Waals surface area contributed by atoms with E-state index >= 15 is 0 Å². The molecule has 0 spiro atoms. The monoisotopic (exact) mass is 353 g/mol. The van der Waals surface area contributed by atoms with Crippen LogP contribution >= 0.6 is 0 Å². The Labute approximate surface area is 154 Å². The number of pyridine rings is 1. The van der Waals surface area contributed by atoms with Gasteiger partial charge in [0.1, 0.15) is 12.5 Å². The van der Waals surface area contributed by atoms with Gasteiger partial charge in [-0.15, -0.1) is 0 Å². The van der Waals surface area contributed by atoms with Crippen LogP contribution in [0.5, 0.6) is 0 Å². The first-order valence-corrected chi connectivity index (χ1v) is 8.07. The Morgan fingerprint density at radius 1 is 0.840 bits per heavy atom. The fourth-order valence-corrected chi connectivity index (χ4v) is 2.69. The zero-order valence-corrected chi connectivity index (χ0v) is 14.5. The smallest absolute Gasteiger partial charge is 0.317 e. The maximum atomic E-state index is 12.7. The van der Waals surface area contributed by atoms with Crippen molar-refractivity contribution in [1.29, 1.82) is 0 Å². The highest BCUT2D eigenvalue weighted by atomic mass is 35.5. The molecule has 1 aromatic heterocycles. The average Bonchev–Trinajstić information content (AvgIpc) is 2.65. The number of aromatic nitrogens is 1. The molecule has 3 nitrogen and oxygen atoms in total. The van der Waals surface area contributed by atoms with Crippen molar-refractivity contribution in [3.63, 3.8) is 0 Å². The summed E-state index contributed by atoms with van der Waals surface area (Å²) in [4.78, 5) is 15.8. The fourth-order valence-electron chi connectivity index (χ4n) is 2.69. The number of ether oxygens (including phenoxy) is 1. The third-order valence-electron chi connectivity index (χ3n) is 3.89. The summed E-state index contributed by atoms with van der Waals surface area (Å²) in [6.45, 7) is 0.357. The predicted octanol–water partition coefficient (Wildman–Crippen LogP) is 0.422. The van der Waals surface area contributed by atoms with Crippen LogP contribution in [0.15, 0.2) is 85.1 Å². The van der Waals surface area contributed by atoms with Gasteiger partial charge in [0.2, 0.25) is 0 Å².